The van der Waals surface area contributed by atoms with Crippen LogP contribution in [-0.2, 0) is 9.16 Å². The lowest BCUT2D eigenvalue weighted by atomic mass is 10.1. The fraction of sp³-hybridized carbons (Fsp3) is 0.941. The van der Waals surface area contributed by atoms with Crippen LogP contribution in [0.1, 0.15) is 54.4 Å². The fourth-order valence-corrected chi connectivity index (χ4v) is 3.61. The molecule has 0 saturated carbocycles. The molecular formula is C17H35NO4Si. The van der Waals surface area contributed by atoms with Crippen molar-refractivity contribution in [3.8, 4) is 0 Å². The van der Waals surface area contributed by atoms with Crippen LogP contribution in [0, 0.1) is 0 Å². The van der Waals surface area contributed by atoms with Crippen molar-refractivity contribution in [3.05, 3.63) is 0 Å². The molecule has 1 aliphatic rings. The summed E-state index contributed by atoms with van der Waals surface area (Å²) in [5.74, 6) is 0. The molecule has 23 heavy (non-hydrogen) atoms. The zero-order valence-electron chi connectivity index (χ0n) is 16.1. The van der Waals surface area contributed by atoms with Crippen LogP contribution >= 0.6 is 0 Å². The zero-order chi connectivity index (χ0) is 18.1. The van der Waals surface area contributed by atoms with E-state index in [-0.39, 0.29) is 17.2 Å². The first-order chi connectivity index (χ1) is 10.2. The Morgan fingerprint density at radius 2 is 1.74 bits per heavy atom. The van der Waals surface area contributed by atoms with Crippen molar-refractivity contribution in [1.82, 2.24) is 4.90 Å². The second-order valence-corrected chi connectivity index (χ2v) is 13.8. The van der Waals surface area contributed by atoms with E-state index in [1.165, 1.54) is 0 Å². The highest BCUT2D eigenvalue weighted by Gasteiger charge is 2.42. The minimum atomic E-state index is -2.01. The number of amides is 1. The van der Waals surface area contributed by atoms with Crippen LogP contribution in [0.25, 0.3) is 0 Å². The number of aliphatic hydroxyl groups excluding tert-OH is 1. The molecule has 1 saturated heterocycles. The molecule has 0 radical (unpaired) electrons. The monoisotopic (exact) mass is 345 g/mol. The minimum Gasteiger partial charge on any atom is -0.444 e. The van der Waals surface area contributed by atoms with Crippen molar-refractivity contribution in [2.24, 2.45) is 0 Å². The molecule has 0 aliphatic carbocycles. The van der Waals surface area contributed by atoms with Gasteiger partial charge in [0.25, 0.3) is 0 Å². The Morgan fingerprint density at radius 1 is 1.17 bits per heavy atom. The Morgan fingerprint density at radius 3 is 2.22 bits per heavy atom. The van der Waals surface area contributed by atoms with Crippen LogP contribution in [0.3, 0.4) is 0 Å². The molecule has 0 aromatic heterocycles. The fourth-order valence-electron chi connectivity index (χ4n) is 2.27. The lowest BCUT2D eigenvalue weighted by molar-refractivity contribution is -0.00105. The largest absolute Gasteiger partial charge is 0.444 e. The summed E-state index contributed by atoms with van der Waals surface area (Å²) in [4.78, 5) is 14.0. The third kappa shape index (κ3) is 6.08. The Bertz CT molecular complexity index is 412. The number of nitrogens with zero attached hydrogens (tertiary/aromatic N) is 1. The maximum atomic E-state index is 12.4. The maximum Gasteiger partial charge on any atom is 0.410 e. The average Bonchev–Trinajstić information content (AvgIpc) is 2.48. The smallest absolute Gasteiger partial charge is 0.410 e. The van der Waals surface area contributed by atoms with Gasteiger partial charge in [-0.05, 0) is 51.7 Å². The molecule has 0 spiro atoms. The zero-order valence-corrected chi connectivity index (χ0v) is 17.1. The van der Waals surface area contributed by atoms with Gasteiger partial charge in [-0.2, -0.15) is 0 Å². The molecule has 2 atom stereocenters. The van der Waals surface area contributed by atoms with E-state index in [0.29, 0.717) is 19.5 Å². The van der Waals surface area contributed by atoms with Crippen LogP contribution in [0.15, 0.2) is 0 Å². The van der Waals surface area contributed by atoms with E-state index >= 15 is 0 Å². The second kappa shape index (κ2) is 7.11. The normalized spacial score (nSPS) is 24.3. The second-order valence-electron chi connectivity index (χ2n) is 9.05. The van der Waals surface area contributed by atoms with Crippen molar-refractivity contribution in [1.29, 1.82) is 0 Å². The summed E-state index contributed by atoms with van der Waals surface area (Å²) in [5, 5.41) is 10.5. The standard InChI is InChI=1S/C17H35NO4Si/c1-16(2,3)21-15(20)18-11-9-10-13(19)14(12-18)22-23(7,8)17(4,5)6/h13-14,19H,9-12H2,1-8H3/t13-,14-/m0/s1. The van der Waals surface area contributed by atoms with E-state index in [2.05, 4.69) is 33.9 Å². The van der Waals surface area contributed by atoms with Gasteiger partial charge in [0.1, 0.15) is 5.60 Å². The number of likely N-dealkylation sites (tertiary alicyclic amines) is 1. The van der Waals surface area contributed by atoms with Crippen LogP contribution in [0.5, 0.6) is 0 Å². The molecular weight excluding hydrogens is 310 g/mol. The van der Waals surface area contributed by atoms with Crippen LogP contribution in [0.4, 0.5) is 4.79 Å². The molecule has 1 fully saturated rings. The first-order valence-electron chi connectivity index (χ1n) is 8.57. The van der Waals surface area contributed by atoms with E-state index in [0.717, 1.165) is 6.42 Å². The van der Waals surface area contributed by atoms with Crippen molar-refractivity contribution in [3.63, 3.8) is 0 Å². The van der Waals surface area contributed by atoms with Crippen molar-refractivity contribution in [2.45, 2.75) is 90.3 Å². The molecule has 0 aromatic rings. The van der Waals surface area contributed by atoms with Gasteiger partial charge in [0.05, 0.1) is 18.8 Å². The van der Waals surface area contributed by atoms with Gasteiger partial charge in [-0.3, -0.25) is 0 Å². The summed E-state index contributed by atoms with van der Waals surface area (Å²) in [6.07, 6.45) is 0.217. The Kier molecular flexibility index (Phi) is 6.32. The van der Waals surface area contributed by atoms with E-state index in [1.807, 2.05) is 20.8 Å². The topological polar surface area (TPSA) is 59.0 Å². The van der Waals surface area contributed by atoms with Crippen molar-refractivity contribution < 1.29 is 19.1 Å². The third-order valence-electron chi connectivity index (χ3n) is 4.66. The Labute approximate surface area is 142 Å². The van der Waals surface area contributed by atoms with Crippen molar-refractivity contribution >= 4 is 14.4 Å². The Hall–Kier alpha value is -0.593. The predicted octanol–water partition coefficient (Wildman–Crippen LogP) is 3.77. The number of ether oxygens (including phenoxy) is 1. The SMILES string of the molecule is CC(C)(C)OC(=O)N1CCC[C@H](O)[C@@H](O[Si](C)(C)C(C)(C)C)C1. The van der Waals surface area contributed by atoms with Crippen molar-refractivity contribution in [2.75, 3.05) is 13.1 Å². The predicted molar refractivity (Wildman–Crippen MR) is 95.1 cm³/mol. The summed E-state index contributed by atoms with van der Waals surface area (Å²) in [5.41, 5.74) is -0.516. The highest BCUT2D eigenvalue weighted by Crippen LogP contribution is 2.38. The van der Waals surface area contributed by atoms with Gasteiger partial charge >= 0.3 is 6.09 Å². The molecule has 0 bridgehead atoms. The average molecular weight is 346 g/mol. The number of rotatable bonds is 2. The van der Waals surface area contributed by atoms with E-state index in [9.17, 15) is 9.90 Å². The lowest BCUT2D eigenvalue weighted by Gasteiger charge is -2.41. The first-order valence-corrected chi connectivity index (χ1v) is 11.5. The number of hydrogen-bond donors (Lipinski definition) is 1. The lowest BCUT2D eigenvalue weighted by Crippen LogP contribution is -2.51. The van der Waals surface area contributed by atoms with Gasteiger partial charge in [0.2, 0.25) is 0 Å². The molecule has 136 valence electrons. The Balaban J connectivity index is 2.84. The summed E-state index contributed by atoms with van der Waals surface area (Å²) in [7, 11) is -2.01. The molecule has 1 N–H and O–H groups in total. The van der Waals surface area contributed by atoms with Gasteiger partial charge in [0, 0.05) is 6.54 Å². The molecule has 1 heterocycles. The van der Waals surface area contributed by atoms with Gasteiger partial charge in [-0.25, -0.2) is 4.79 Å². The van der Waals surface area contributed by atoms with Gasteiger partial charge in [-0.15, -0.1) is 0 Å². The van der Waals surface area contributed by atoms with Gasteiger partial charge < -0.3 is 19.2 Å². The quantitative estimate of drug-likeness (QED) is 0.774. The molecule has 1 amide bonds. The highest BCUT2D eigenvalue weighted by molar-refractivity contribution is 6.74. The molecule has 5 nitrogen and oxygen atoms in total. The number of aliphatic hydroxyl groups is 1. The van der Waals surface area contributed by atoms with E-state index in [1.54, 1.807) is 4.90 Å². The number of carbonyl (C=O) groups excluding carboxylic acids is 1. The molecule has 6 heteroatoms. The van der Waals surface area contributed by atoms with Crippen LogP contribution in [-0.4, -0.2) is 55.3 Å². The molecule has 1 rings (SSSR count). The third-order valence-corrected chi connectivity index (χ3v) is 9.17. The summed E-state index contributed by atoms with van der Waals surface area (Å²) in [6.45, 7) is 17.4. The summed E-state index contributed by atoms with van der Waals surface area (Å²) >= 11 is 0. The highest BCUT2D eigenvalue weighted by atomic mass is 28.4. The first kappa shape index (κ1) is 20.5. The van der Waals surface area contributed by atoms with Crippen LogP contribution in [0.2, 0.25) is 18.1 Å². The minimum absolute atomic E-state index is 0.0653. The molecule has 0 aromatic carbocycles. The van der Waals surface area contributed by atoms with E-state index in [4.69, 9.17) is 9.16 Å². The van der Waals surface area contributed by atoms with Gasteiger partial charge in [0.15, 0.2) is 8.32 Å². The van der Waals surface area contributed by atoms with E-state index < -0.39 is 20.0 Å². The summed E-state index contributed by atoms with van der Waals surface area (Å²) in [6, 6.07) is 0. The molecule has 1 aliphatic heterocycles. The maximum absolute atomic E-state index is 12.4. The molecule has 0 unspecified atom stereocenters. The van der Waals surface area contributed by atoms with Crippen LogP contribution < -0.4 is 0 Å². The number of hydrogen-bond acceptors (Lipinski definition) is 4. The summed E-state index contributed by atoms with van der Waals surface area (Å²) < 4.78 is 11.9. The number of carbonyl (C=O) groups is 1. The van der Waals surface area contributed by atoms with Gasteiger partial charge in [-0.1, -0.05) is 20.8 Å².